The lowest BCUT2D eigenvalue weighted by Gasteiger charge is -2.47. The van der Waals surface area contributed by atoms with Crippen molar-refractivity contribution in [3.05, 3.63) is 0 Å². The van der Waals surface area contributed by atoms with Gasteiger partial charge in [0, 0.05) is 6.61 Å². The zero-order valence-corrected chi connectivity index (χ0v) is 22.2. The highest BCUT2D eigenvalue weighted by molar-refractivity contribution is 4.94. The zero-order chi connectivity index (χ0) is 23.3. The highest BCUT2D eigenvalue weighted by Crippen LogP contribution is 2.50. The summed E-state index contributed by atoms with van der Waals surface area (Å²) in [7, 11) is 0. The standard InChI is InChI=1S/C30H60O2/c1-3-5-7-9-11-12-13-15-18-24-29(32)30(25-19-16-20-26-30)28(23-21-27-31)22-17-14-10-8-6-4-2/h28-29,31-32H,3-27H2,1-2H3. The van der Waals surface area contributed by atoms with E-state index >= 15 is 0 Å². The Bertz CT molecular complexity index is 388. The second-order valence-electron chi connectivity index (χ2n) is 11.0. The van der Waals surface area contributed by atoms with Gasteiger partial charge in [-0.25, -0.2) is 0 Å². The molecule has 2 heteroatoms. The molecular formula is C30H60O2. The summed E-state index contributed by atoms with van der Waals surface area (Å²) in [4.78, 5) is 0. The summed E-state index contributed by atoms with van der Waals surface area (Å²) < 4.78 is 0. The molecule has 2 atom stereocenters. The van der Waals surface area contributed by atoms with E-state index in [4.69, 9.17) is 0 Å². The van der Waals surface area contributed by atoms with Gasteiger partial charge in [-0.3, -0.25) is 0 Å². The SMILES string of the molecule is CCCCCCCCCCCC(O)C1(C(CCCO)CCCCCCCC)CCCCC1. The minimum absolute atomic E-state index is 0.129. The molecule has 1 rings (SSSR count). The largest absolute Gasteiger partial charge is 0.396 e. The minimum atomic E-state index is -0.129. The molecule has 0 bridgehead atoms. The highest BCUT2D eigenvalue weighted by atomic mass is 16.3. The van der Waals surface area contributed by atoms with Crippen molar-refractivity contribution in [1.82, 2.24) is 0 Å². The molecule has 0 aromatic heterocycles. The van der Waals surface area contributed by atoms with Crippen molar-refractivity contribution in [2.75, 3.05) is 6.61 Å². The molecule has 0 aliphatic heterocycles. The summed E-state index contributed by atoms with van der Waals surface area (Å²) in [5.74, 6) is 0.606. The first kappa shape index (κ1) is 30.0. The lowest BCUT2D eigenvalue weighted by molar-refractivity contribution is -0.0609. The summed E-state index contributed by atoms with van der Waals surface area (Å²) >= 11 is 0. The van der Waals surface area contributed by atoms with Crippen LogP contribution in [0.2, 0.25) is 0 Å². The molecular weight excluding hydrogens is 392 g/mol. The van der Waals surface area contributed by atoms with E-state index in [1.807, 2.05) is 0 Å². The van der Waals surface area contributed by atoms with Crippen LogP contribution in [0.4, 0.5) is 0 Å². The van der Waals surface area contributed by atoms with Crippen molar-refractivity contribution in [3.8, 4) is 0 Å². The number of unbranched alkanes of at least 4 members (excludes halogenated alkanes) is 13. The third kappa shape index (κ3) is 12.4. The van der Waals surface area contributed by atoms with Crippen LogP contribution in [-0.2, 0) is 0 Å². The first-order chi connectivity index (χ1) is 15.7. The Morgan fingerprint density at radius 3 is 1.50 bits per heavy atom. The Morgan fingerprint density at radius 1 is 0.562 bits per heavy atom. The van der Waals surface area contributed by atoms with E-state index in [1.165, 1.54) is 135 Å². The Hall–Kier alpha value is -0.0800. The van der Waals surface area contributed by atoms with Crippen molar-refractivity contribution < 1.29 is 10.2 Å². The van der Waals surface area contributed by atoms with Crippen LogP contribution in [0, 0.1) is 11.3 Å². The third-order valence-corrected chi connectivity index (χ3v) is 8.46. The molecule has 1 fully saturated rings. The number of aliphatic hydroxyl groups excluding tert-OH is 2. The van der Waals surface area contributed by atoms with E-state index in [-0.39, 0.29) is 11.5 Å². The fourth-order valence-corrected chi connectivity index (χ4v) is 6.39. The van der Waals surface area contributed by atoms with Crippen LogP contribution in [0.1, 0.15) is 168 Å². The summed E-state index contributed by atoms with van der Waals surface area (Å²) in [6.07, 6.45) is 30.8. The summed E-state index contributed by atoms with van der Waals surface area (Å²) in [6, 6.07) is 0. The van der Waals surface area contributed by atoms with Crippen LogP contribution in [-0.4, -0.2) is 22.9 Å². The minimum Gasteiger partial charge on any atom is -0.396 e. The lowest BCUT2D eigenvalue weighted by atomic mass is 9.59. The maximum absolute atomic E-state index is 11.5. The van der Waals surface area contributed by atoms with Crippen molar-refractivity contribution >= 4 is 0 Å². The molecule has 2 unspecified atom stereocenters. The van der Waals surface area contributed by atoms with Crippen LogP contribution in [0.25, 0.3) is 0 Å². The molecule has 1 aliphatic rings. The van der Waals surface area contributed by atoms with Crippen molar-refractivity contribution in [1.29, 1.82) is 0 Å². The van der Waals surface area contributed by atoms with Crippen molar-refractivity contribution in [3.63, 3.8) is 0 Å². The molecule has 1 aliphatic carbocycles. The van der Waals surface area contributed by atoms with E-state index in [2.05, 4.69) is 13.8 Å². The Labute approximate surface area is 202 Å². The van der Waals surface area contributed by atoms with E-state index < -0.39 is 0 Å². The summed E-state index contributed by atoms with van der Waals surface area (Å²) in [5, 5.41) is 21.0. The average molecular weight is 453 g/mol. The van der Waals surface area contributed by atoms with E-state index in [0.717, 1.165) is 19.3 Å². The normalized spacial score (nSPS) is 18.0. The maximum atomic E-state index is 11.5. The Kier molecular flexibility index (Phi) is 19.0. The molecule has 0 spiro atoms. The summed E-state index contributed by atoms with van der Waals surface area (Å²) in [6.45, 7) is 4.87. The maximum Gasteiger partial charge on any atom is 0.0599 e. The summed E-state index contributed by atoms with van der Waals surface area (Å²) in [5.41, 5.74) is 0.136. The molecule has 0 heterocycles. The van der Waals surface area contributed by atoms with E-state index in [0.29, 0.717) is 12.5 Å². The second kappa shape index (κ2) is 20.3. The smallest absolute Gasteiger partial charge is 0.0599 e. The highest BCUT2D eigenvalue weighted by Gasteiger charge is 2.44. The topological polar surface area (TPSA) is 40.5 Å². The quantitative estimate of drug-likeness (QED) is 0.161. The van der Waals surface area contributed by atoms with Crippen LogP contribution in [0.3, 0.4) is 0 Å². The molecule has 192 valence electrons. The van der Waals surface area contributed by atoms with Gasteiger partial charge >= 0.3 is 0 Å². The number of rotatable bonds is 22. The molecule has 0 amide bonds. The fraction of sp³-hybridized carbons (Fsp3) is 1.00. The van der Waals surface area contributed by atoms with Gasteiger partial charge in [0.05, 0.1) is 6.10 Å². The van der Waals surface area contributed by atoms with E-state index in [1.54, 1.807) is 0 Å². The lowest BCUT2D eigenvalue weighted by Crippen LogP contribution is -2.44. The number of aliphatic hydroxyl groups is 2. The predicted molar refractivity (Wildman–Crippen MR) is 141 cm³/mol. The second-order valence-corrected chi connectivity index (χ2v) is 11.0. The van der Waals surface area contributed by atoms with Crippen LogP contribution < -0.4 is 0 Å². The number of hydrogen-bond acceptors (Lipinski definition) is 2. The van der Waals surface area contributed by atoms with Gasteiger partial charge in [-0.2, -0.15) is 0 Å². The Morgan fingerprint density at radius 2 is 1.00 bits per heavy atom. The molecule has 1 saturated carbocycles. The van der Waals surface area contributed by atoms with Gasteiger partial charge in [0.25, 0.3) is 0 Å². The monoisotopic (exact) mass is 452 g/mol. The Balaban J connectivity index is 2.49. The zero-order valence-electron chi connectivity index (χ0n) is 22.2. The van der Waals surface area contributed by atoms with E-state index in [9.17, 15) is 10.2 Å². The first-order valence-corrected chi connectivity index (χ1v) is 15.0. The van der Waals surface area contributed by atoms with Gasteiger partial charge in [0.1, 0.15) is 0 Å². The third-order valence-electron chi connectivity index (χ3n) is 8.46. The van der Waals surface area contributed by atoms with Gasteiger partial charge in [0.15, 0.2) is 0 Å². The molecule has 2 nitrogen and oxygen atoms in total. The number of hydrogen-bond donors (Lipinski definition) is 2. The molecule has 0 aromatic rings. The predicted octanol–water partition coefficient (Wildman–Crippen LogP) is 9.36. The first-order valence-electron chi connectivity index (χ1n) is 15.0. The van der Waals surface area contributed by atoms with Gasteiger partial charge in [-0.1, -0.05) is 129 Å². The van der Waals surface area contributed by atoms with Gasteiger partial charge in [-0.15, -0.1) is 0 Å². The van der Waals surface area contributed by atoms with Gasteiger partial charge in [0.2, 0.25) is 0 Å². The van der Waals surface area contributed by atoms with Gasteiger partial charge < -0.3 is 10.2 Å². The fourth-order valence-electron chi connectivity index (χ4n) is 6.39. The van der Waals surface area contributed by atoms with Gasteiger partial charge in [-0.05, 0) is 49.9 Å². The average Bonchev–Trinajstić information content (AvgIpc) is 2.82. The van der Waals surface area contributed by atoms with Crippen LogP contribution in [0.15, 0.2) is 0 Å². The molecule has 32 heavy (non-hydrogen) atoms. The molecule has 0 aromatic carbocycles. The van der Waals surface area contributed by atoms with Crippen molar-refractivity contribution in [2.45, 2.75) is 174 Å². The van der Waals surface area contributed by atoms with Crippen molar-refractivity contribution in [2.24, 2.45) is 11.3 Å². The molecule has 2 N–H and O–H groups in total. The van der Waals surface area contributed by atoms with Crippen LogP contribution >= 0.6 is 0 Å². The molecule has 0 radical (unpaired) electrons. The van der Waals surface area contributed by atoms with Crippen LogP contribution in [0.5, 0.6) is 0 Å². The molecule has 0 saturated heterocycles.